The molecule has 14 heavy (non-hydrogen) atoms. The van der Waals surface area contributed by atoms with Crippen molar-refractivity contribution in [2.45, 2.75) is 20.0 Å². The van der Waals surface area contributed by atoms with Crippen molar-refractivity contribution in [3.05, 3.63) is 41.5 Å². The van der Waals surface area contributed by atoms with E-state index in [1.54, 1.807) is 0 Å². The fraction of sp³-hybridized carbons (Fsp3) is 0.250. The van der Waals surface area contributed by atoms with E-state index in [1.807, 2.05) is 44.2 Å². The van der Waals surface area contributed by atoms with Gasteiger partial charge >= 0.3 is 5.97 Å². The minimum atomic E-state index is -0.216. The summed E-state index contributed by atoms with van der Waals surface area (Å²) in [4.78, 5) is 11.4. The molecule has 72 valence electrons. The molecule has 0 aromatic heterocycles. The Morgan fingerprint density at radius 1 is 1.29 bits per heavy atom. The third-order valence-corrected chi connectivity index (χ3v) is 2.35. The molecule has 0 N–H and O–H groups in total. The van der Waals surface area contributed by atoms with Crippen LogP contribution in [0, 0.1) is 6.92 Å². The van der Waals surface area contributed by atoms with Crippen LogP contribution in [0.2, 0.25) is 0 Å². The van der Waals surface area contributed by atoms with Crippen molar-refractivity contribution < 1.29 is 9.53 Å². The van der Waals surface area contributed by atoms with Gasteiger partial charge in [-0.3, -0.25) is 0 Å². The molecule has 1 aromatic rings. The van der Waals surface area contributed by atoms with Gasteiger partial charge in [-0.25, -0.2) is 4.79 Å². The van der Waals surface area contributed by atoms with Crippen molar-refractivity contribution in [2.24, 2.45) is 0 Å². The summed E-state index contributed by atoms with van der Waals surface area (Å²) in [6.45, 7) is 3.86. The molecule has 0 radical (unpaired) electrons. The zero-order chi connectivity index (χ0) is 10.1. The van der Waals surface area contributed by atoms with E-state index in [2.05, 4.69) is 0 Å². The van der Waals surface area contributed by atoms with E-state index in [0.717, 1.165) is 11.1 Å². The molecule has 1 aliphatic rings. The predicted octanol–water partition coefficient (Wildman–Crippen LogP) is 2.32. The van der Waals surface area contributed by atoms with Gasteiger partial charge in [0.1, 0.15) is 6.10 Å². The maximum absolute atomic E-state index is 11.4. The molecule has 0 aliphatic carbocycles. The molecule has 1 unspecified atom stereocenters. The van der Waals surface area contributed by atoms with Crippen LogP contribution in [0.5, 0.6) is 0 Å². The smallest absolute Gasteiger partial charge is 0.339 e. The normalized spacial score (nSPS) is 20.6. The lowest BCUT2D eigenvalue weighted by molar-refractivity contribution is -0.137. The summed E-state index contributed by atoms with van der Waals surface area (Å²) in [5.41, 5.74) is 2.77. The number of esters is 1. The van der Waals surface area contributed by atoms with Gasteiger partial charge in [0.15, 0.2) is 0 Å². The standard InChI is InChI=1S/C12H12O2/c1-8-5-3-4-6-10(8)11-7-9(2)14-12(11)13/h3-7,9H,1-2H3. The van der Waals surface area contributed by atoms with Crippen LogP contribution in [-0.2, 0) is 9.53 Å². The largest absolute Gasteiger partial charge is 0.455 e. The molecular weight excluding hydrogens is 176 g/mol. The topological polar surface area (TPSA) is 26.3 Å². The van der Waals surface area contributed by atoms with Gasteiger partial charge in [-0.15, -0.1) is 0 Å². The Kier molecular flexibility index (Phi) is 2.12. The van der Waals surface area contributed by atoms with E-state index in [9.17, 15) is 4.79 Å². The van der Waals surface area contributed by atoms with Crippen LogP contribution in [0.4, 0.5) is 0 Å². The molecule has 0 amide bonds. The van der Waals surface area contributed by atoms with Crippen molar-refractivity contribution in [1.82, 2.24) is 0 Å². The van der Waals surface area contributed by atoms with Crippen LogP contribution >= 0.6 is 0 Å². The second-order valence-corrected chi connectivity index (χ2v) is 3.51. The number of benzene rings is 1. The first-order valence-corrected chi connectivity index (χ1v) is 4.67. The molecule has 1 heterocycles. The fourth-order valence-electron chi connectivity index (χ4n) is 1.64. The van der Waals surface area contributed by atoms with Gasteiger partial charge < -0.3 is 4.74 Å². The molecule has 1 atom stereocenters. The van der Waals surface area contributed by atoms with E-state index in [4.69, 9.17) is 4.74 Å². The molecule has 2 heteroatoms. The highest BCUT2D eigenvalue weighted by atomic mass is 16.5. The van der Waals surface area contributed by atoms with Gasteiger partial charge in [-0.2, -0.15) is 0 Å². The number of hydrogen-bond donors (Lipinski definition) is 0. The predicted molar refractivity (Wildman–Crippen MR) is 54.7 cm³/mol. The minimum absolute atomic E-state index is 0.0999. The van der Waals surface area contributed by atoms with E-state index >= 15 is 0 Å². The zero-order valence-corrected chi connectivity index (χ0v) is 8.28. The average Bonchev–Trinajstić information content (AvgIpc) is 2.46. The quantitative estimate of drug-likeness (QED) is 0.632. The second-order valence-electron chi connectivity index (χ2n) is 3.51. The van der Waals surface area contributed by atoms with Crippen LogP contribution in [0.15, 0.2) is 30.3 Å². The summed E-state index contributed by atoms with van der Waals surface area (Å²) in [6.07, 6.45) is 1.77. The second kappa shape index (κ2) is 3.29. The fourth-order valence-corrected chi connectivity index (χ4v) is 1.64. The minimum Gasteiger partial charge on any atom is -0.455 e. The summed E-state index contributed by atoms with van der Waals surface area (Å²) in [5, 5.41) is 0. The number of rotatable bonds is 1. The lowest BCUT2D eigenvalue weighted by Gasteiger charge is -2.03. The van der Waals surface area contributed by atoms with Crippen LogP contribution < -0.4 is 0 Å². The van der Waals surface area contributed by atoms with Crippen molar-refractivity contribution >= 4 is 11.5 Å². The maximum atomic E-state index is 11.4. The summed E-state index contributed by atoms with van der Waals surface area (Å²) in [5.74, 6) is -0.216. The number of hydrogen-bond acceptors (Lipinski definition) is 2. The highest BCUT2D eigenvalue weighted by Gasteiger charge is 2.24. The molecule has 0 bridgehead atoms. The SMILES string of the molecule is Cc1ccccc1C1=CC(C)OC1=O. The Balaban J connectivity index is 2.46. The van der Waals surface area contributed by atoms with Crippen LogP contribution in [0.3, 0.4) is 0 Å². The zero-order valence-electron chi connectivity index (χ0n) is 8.28. The number of aryl methyl sites for hydroxylation is 1. The third kappa shape index (κ3) is 1.43. The van der Waals surface area contributed by atoms with E-state index < -0.39 is 0 Å². The summed E-state index contributed by atoms with van der Waals surface area (Å²) >= 11 is 0. The Morgan fingerprint density at radius 3 is 2.57 bits per heavy atom. The van der Waals surface area contributed by atoms with Gasteiger partial charge in [-0.1, -0.05) is 24.3 Å². The van der Waals surface area contributed by atoms with E-state index in [-0.39, 0.29) is 12.1 Å². The first-order valence-electron chi connectivity index (χ1n) is 4.67. The molecule has 1 aromatic carbocycles. The van der Waals surface area contributed by atoms with E-state index in [1.165, 1.54) is 0 Å². The monoisotopic (exact) mass is 188 g/mol. The average molecular weight is 188 g/mol. The van der Waals surface area contributed by atoms with Gasteiger partial charge in [-0.05, 0) is 31.1 Å². The lowest BCUT2D eigenvalue weighted by Crippen LogP contribution is -2.03. The van der Waals surface area contributed by atoms with E-state index in [0.29, 0.717) is 5.57 Å². The first kappa shape index (κ1) is 9.00. The molecule has 0 saturated carbocycles. The Bertz CT molecular complexity index is 405. The third-order valence-electron chi connectivity index (χ3n) is 2.35. The first-order chi connectivity index (χ1) is 6.68. The van der Waals surface area contributed by atoms with Crippen LogP contribution in [0.1, 0.15) is 18.1 Å². The summed E-state index contributed by atoms with van der Waals surface area (Å²) < 4.78 is 5.05. The molecule has 2 nitrogen and oxygen atoms in total. The van der Waals surface area contributed by atoms with Gasteiger partial charge in [0.25, 0.3) is 0 Å². The van der Waals surface area contributed by atoms with Crippen molar-refractivity contribution in [3.63, 3.8) is 0 Å². The van der Waals surface area contributed by atoms with Crippen LogP contribution in [-0.4, -0.2) is 12.1 Å². The van der Waals surface area contributed by atoms with Gasteiger partial charge in [0, 0.05) is 0 Å². The van der Waals surface area contributed by atoms with Crippen molar-refractivity contribution in [1.29, 1.82) is 0 Å². The lowest BCUT2D eigenvalue weighted by atomic mass is 10.0. The highest BCUT2D eigenvalue weighted by molar-refractivity contribution is 6.18. The van der Waals surface area contributed by atoms with Gasteiger partial charge in [0.2, 0.25) is 0 Å². The summed E-state index contributed by atoms with van der Waals surface area (Å²) in [6, 6.07) is 7.83. The maximum Gasteiger partial charge on any atom is 0.339 e. The number of cyclic esters (lactones) is 1. The molecule has 0 fully saturated rings. The Morgan fingerprint density at radius 2 is 2.00 bits per heavy atom. The molecule has 2 rings (SSSR count). The Hall–Kier alpha value is -1.57. The Labute approximate surface area is 83.2 Å². The van der Waals surface area contributed by atoms with Crippen LogP contribution in [0.25, 0.3) is 5.57 Å². The van der Waals surface area contributed by atoms with Crippen molar-refractivity contribution in [2.75, 3.05) is 0 Å². The van der Waals surface area contributed by atoms with Crippen molar-refractivity contribution in [3.8, 4) is 0 Å². The molecular formula is C12H12O2. The summed E-state index contributed by atoms with van der Waals surface area (Å²) in [7, 11) is 0. The molecule has 0 saturated heterocycles. The number of carbonyl (C=O) groups excluding carboxylic acids is 1. The van der Waals surface area contributed by atoms with Gasteiger partial charge in [0.05, 0.1) is 5.57 Å². The number of carbonyl (C=O) groups is 1. The number of ether oxygens (including phenoxy) is 1. The molecule has 1 aliphatic heterocycles. The molecule has 0 spiro atoms. The highest BCUT2D eigenvalue weighted by Crippen LogP contribution is 2.25.